The van der Waals surface area contributed by atoms with Gasteiger partial charge in [0, 0.05) is 24.6 Å². The number of ether oxygens (including phenoxy) is 1. The molecule has 5 nitrogen and oxygen atoms in total. The molecule has 0 aromatic carbocycles. The number of piperidine rings is 1. The van der Waals surface area contributed by atoms with Gasteiger partial charge in [-0.15, -0.1) is 0 Å². The number of alkyl halides is 1. The van der Waals surface area contributed by atoms with Crippen molar-refractivity contribution in [2.24, 2.45) is 0 Å². The van der Waals surface area contributed by atoms with Crippen molar-refractivity contribution in [1.82, 2.24) is 14.5 Å². The number of rotatable bonds is 4. The minimum Gasteiger partial charge on any atom is -0.377 e. The van der Waals surface area contributed by atoms with E-state index in [0.29, 0.717) is 5.56 Å². The van der Waals surface area contributed by atoms with E-state index in [-0.39, 0.29) is 12.0 Å². The number of nitrogens with zero attached hydrogens (tertiary/aromatic N) is 3. The first-order chi connectivity index (χ1) is 10.3. The summed E-state index contributed by atoms with van der Waals surface area (Å²) in [6.07, 6.45) is 5.59. The molecular formula is C15H18BrN3O2. The Balaban J connectivity index is 1.67. The summed E-state index contributed by atoms with van der Waals surface area (Å²) in [5.74, 6) is 0.0649. The molecule has 0 saturated carbocycles. The number of halogens is 1. The van der Waals surface area contributed by atoms with Gasteiger partial charge in [0.2, 0.25) is 0 Å². The van der Waals surface area contributed by atoms with Crippen LogP contribution in [0.1, 0.15) is 23.2 Å². The molecule has 2 aromatic heterocycles. The average Bonchev–Trinajstić information content (AvgIpc) is 2.97. The summed E-state index contributed by atoms with van der Waals surface area (Å²) < 4.78 is 7.46. The van der Waals surface area contributed by atoms with Crippen molar-refractivity contribution in [3.05, 3.63) is 36.2 Å². The van der Waals surface area contributed by atoms with Crippen LogP contribution in [0.15, 0.2) is 30.6 Å². The summed E-state index contributed by atoms with van der Waals surface area (Å²) >= 11 is 3.36. The molecular weight excluding hydrogens is 334 g/mol. The molecule has 2 aromatic rings. The summed E-state index contributed by atoms with van der Waals surface area (Å²) in [4.78, 5) is 14.5. The van der Waals surface area contributed by atoms with Crippen LogP contribution in [-0.4, -0.2) is 51.6 Å². The molecule has 112 valence electrons. The summed E-state index contributed by atoms with van der Waals surface area (Å²) in [5.41, 5.74) is 1.54. The Morgan fingerprint density at radius 2 is 2.19 bits per heavy atom. The molecule has 1 amide bonds. The highest BCUT2D eigenvalue weighted by atomic mass is 79.9. The predicted molar refractivity (Wildman–Crippen MR) is 83.9 cm³/mol. The zero-order valence-electron chi connectivity index (χ0n) is 11.7. The molecule has 1 aliphatic heterocycles. The number of carbonyl (C=O) groups is 1. The molecule has 21 heavy (non-hydrogen) atoms. The van der Waals surface area contributed by atoms with Crippen molar-refractivity contribution in [2.75, 3.05) is 25.0 Å². The van der Waals surface area contributed by atoms with E-state index < -0.39 is 0 Å². The first-order valence-corrected chi connectivity index (χ1v) is 8.31. The minimum atomic E-state index is 0.0649. The second-order valence-electron chi connectivity index (χ2n) is 5.14. The summed E-state index contributed by atoms with van der Waals surface area (Å²) in [5, 5.41) is 5.08. The summed E-state index contributed by atoms with van der Waals surface area (Å²) in [6, 6.07) is 5.75. The highest BCUT2D eigenvalue weighted by Gasteiger charge is 2.25. The second-order valence-corrected chi connectivity index (χ2v) is 5.93. The molecule has 3 heterocycles. The zero-order chi connectivity index (χ0) is 14.7. The van der Waals surface area contributed by atoms with Crippen molar-refractivity contribution in [1.29, 1.82) is 0 Å². The number of carbonyl (C=O) groups excluding carboxylic acids is 1. The summed E-state index contributed by atoms with van der Waals surface area (Å²) in [6.45, 7) is 2.22. The van der Waals surface area contributed by atoms with E-state index in [4.69, 9.17) is 4.74 Å². The van der Waals surface area contributed by atoms with E-state index in [0.717, 1.165) is 43.4 Å². The molecule has 1 aliphatic rings. The molecule has 0 spiro atoms. The topological polar surface area (TPSA) is 46.8 Å². The van der Waals surface area contributed by atoms with Gasteiger partial charge in [-0.05, 0) is 25.0 Å². The van der Waals surface area contributed by atoms with Gasteiger partial charge >= 0.3 is 0 Å². The molecule has 0 N–H and O–H groups in total. The standard InChI is InChI=1S/C15H18BrN3O2/c16-6-10-21-12-4-8-18(9-5-12)15(20)13-11-17-19-7-2-1-3-14(13)19/h1-3,7,11-12H,4-6,8-10H2. The minimum absolute atomic E-state index is 0.0649. The number of hydrogen-bond acceptors (Lipinski definition) is 3. The van der Waals surface area contributed by atoms with Crippen LogP contribution in [-0.2, 0) is 4.74 Å². The fraction of sp³-hybridized carbons (Fsp3) is 0.467. The first kappa shape index (κ1) is 14.5. The van der Waals surface area contributed by atoms with Crippen molar-refractivity contribution in [3.63, 3.8) is 0 Å². The summed E-state index contributed by atoms with van der Waals surface area (Å²) in [7, 11) is 0. The van der Waals surface area contributed by atoms with Crippen LogP contribution in [0.2, 0.25) is 0 Å². The Labute approximate surface area is 132 Å². The molecule has 1 saturated heterocycles. The van der Waals surface area contributed by atoms with E-state index in [1.165, 1.54) is 0 Å². The maximum absolute atomic E-state index is 12.6. The molecule has 6 heteroatoms. The van der Waals surface area contributed by atoms with E-state index in [2.05, 4.69) is 21.0 Å². The van der Waals surface area contributed by atoms with Crippen LogP contribution in [0.5, 0.6) is 0 Å². The molecule has 1 fully saturated rings. The van der Waals surface area contributed by atoms with Gasteiger partial charge in [0.1, 0.15) is 0 Å². The van der Waals surface area contributed by atoms with Crippen LogP contribution in [0.3, 0.4) is 0 Å². The highest BCUT2D eigenvalue weighted by molar-refractivity contribution is 9.09. The van der Waals surface area contributed by atoms with Gasteiger partial charge in [-0.2, -0.15) is 5.10 Å². The first-order valence-electron chi connectivity index (χ1n) is 7.19. The number of fused-ring (bicyclic) bond motifs is 1. The Kier molecular flexibility index (Phi) is 4.55. The zero-order valence-corrected chi connectivity index (χ0v) is 13.3. The SMILES string of the molecule is O=C(c1cnn2ccccc12)N1CCC(OCCBr)CC1. The number of aromatic nitrogens is 2. The number of amides is 1. The smallest absolute Gasteiger partial charge is 0.257 e. The van der Waals surface area contributed by atoms with E-state index in [1.54, 1.807) is 10.7 Å². The number of pyridine rings is 1. The fourth-order valence-electron chi connectivity index (χ4n) is 2.71. The van der Waals surface area contributed by atoms with Crippen LogP contribution < -0.4 is 0 Å². The second kappa shape index (κ2) is 6.58. The normalized spacial score (nSPS) is 16.5. The van der Waals surface area contributed by atoms with Crippen molar-refractivity contribution in [3.8, 4) is 0 Å². The lowest BCUT2D eigenvalue weighted by atomic mass is 10.1. The third kappa shape index (κ3) is 3.11. The lowest BCUT2D eigenvalue weighted by Gasteiger charge is -2.31. The van der Waals surface area contributed by atoms with Gasteiger partial charge in [0.15, 0.2) is 0 Å². The lowest BCUT2D eigenvalue weighted by Crippen LogP contribution is -2.41. The van der Waals surface area contributed by atoms with Gasteiger partial charge in [0.25, 0.3) is 5.91 Å². The molecule has 0 aliphatic carbocycles. The van der Waals surface area contributed by atoms with Gasteiger partial charge < -0.3 is 9.64 Å². The Bertz CT molecular complexity index is 620. The molecule has 0 unspecified atom stereocenters. The average molecular weight is 352 g/mol. The third-order valence-corrected chi connectivity index (χ3v) is 4.14. The molecule has 0 bridgehead atoms. The van der Waals surface area contributed by atoms with E-state index >= 15 is 0 Å². The van der Waals surface area contributed by atoms with E-state index in [1.807, 2.05) is 29.3 Å². The maximum Gasteiger partial charge on any atom is 0.257 e. The molecule has 0 radical (unpaired) electrons. The monoisotopic (exact) mass is 351 g/mol. The highest BCUT2D eigenvalue weighted by Crippen LogP contribution is 2.18. The van der Waals surface area contributed by atoms with Gasteiger partial charge in [-0.1, -0.05) is 22.0 Å². The largest absolute Gasteiger partial charge is 0.377 e. The van der Waals surface area contributed by atoms with Crippen LogP contribution >= 0.6 is 15.9 Å². The lowest BCUT2D eigenvalue weighted by molar-refractivity contribution is 0.0160. The van der Waals surface area contributed by atoms with Crippen molar-refractivity contribution in [2.45, 2.75) is 18.9 Å². The van der Waals surface area contributed by atoms with Gasteiger partial charge in [-0.25, -0.2) is 4.52 Å². The third-order valence-electron chi connectivity index (χ3n) is 3.82. The number of likely N-dealkylation sites (tertiary alicyclic amines) is 1. The van der Waals surface area contributed by atoms with Crippen molar-refractivity contribution >= 4 is 27.4 Å². The fourth-order valence-corrected chi connectivity index (χ4v) is 2.89. The Morgan fingerprint density at radius 3 is 2.95 bits per heavy atom. The van der Waals surface area contributed by atoms with Gasteiger partial charge in [0.05, 0.1) is 30.0 Å². The Morgan fingerprint density at radius 1 is 1.38 bits per heavy atom. The quantitative estimate of drug-likeness (QED) is 0.794. The van der Waals surface area contributed by atoms with Crippen LogP contribution in [0.25, 0.3) is 5.52 Å². The predicted octanol–water partition coefficient (Wildman–Crippen LogP) is 2.35. The van der Waals surface area contributed by atoms with Crippen LogP contribution in [0.4, 0.5) is 0 Å². The van der Waals surface area contributed by atoms with Gasteiger partial charge in [-0.3, -0.25) is 4.79 Å². The Hall–Kier alpha value is -1.40. The van der Waals surface area contributed by atoms with Crippen molar-refractivity contribution < 1.29 is 9.53 Å². The molecule has 0 atom stereocenters. The maximum atomic E-state index is 12.6. The van der Waals surface area contributed by atoms with Crippen LogP contribution in [0, 0.1) is 0 Å². The molecule has 3 rings (SSSR count). The number of hydrogen-bond donors (Lipinski definition) is 0. The van der Waals surface area contributed by atoms with E-state index in [9.17, 15) is 4.79 Å².